The van der Waals surface area contributed by atoms with Gasteiger partial charge in [0.15, 0.2) is 10.6 Å². The number of nitrogens with zero attached hydrogens (tertiary/aromatic N) is 2. The van der Waals surface area contributed by atoms with Gasteiger partial charge in [0.2, 0.25) is 0 Å². The molecule has 96 valence electrons. The lowest BCUT2D eigenvalue weighted by Crippen LogP contribution is -2.07. The van der Waals surface area contributed by atoms with Crippen LogP contribution >= 0.6 is 23.8 Å². The molecule has 2 rings (SSSR count). The molecule has 0 saturated carbocycles. The summed E-state index contributed by atoms with van der Waals surface area (Å²) in [6.07, 6.45) is 0. The molecule has 6 heteroatoms. The highest BCUT2D eigenvalue weighted by Gasteiger charge is 2.14. The van der Waals surface area contributed by atoms with Crippen molar-refractivity contribution in [2.75, 3.05) is 0 Å². The zero-order valence-electron chi connectivity index (χ0n) is 10.1. The molecule has 1 aromatic carbocycles. The second kappa shape index (κ2) is 5.20. The number of hydrogen-bond donors (Lipinski definition) is 1. The van der Waals surface area contributed by atoms with Gasteiger partial charge in [-0.1, -0.05) is 25.4 Å². The van der Waals surface area contributed by atoms with Crippen molar-refractivity contribution in [3.05, 3.63) is 33.8 Å². The number of nitrogens with one attached hydrogen (secondary N) is 1. The van der Waals surface area contributed by atoms with Crippen molar-refractivity contribution < 1.29 is 4.39 Å². The molecule has 1 aromatic heterocycles. The topological polar surface area (TPSA) is 33.6 Å². The highest BCUT2D eigenvalue weighted by molar-refractivity contribution is 7.71. The number of aromatic amines is 1. The second-order valence-electron chi connectivity index (χ2n) is 4.48. The Morgan fingerprint density at radius 2 is 2.22 bits per heavy atom. The maximum absolute atomic E-state index is 13.8. The first-order valence-electron chi connectivity index (χ1n) is 5.59. The molecule has 0 amide bonds. The predicted molar refractivity (Wildman–Crippen MR) is 72.7 cm³/mol. The lowest BCUT2D eigenvalue weighted by molar-refractivity contribution is 0.520. The molecule has 2 aromatic rings. The van der Waals surface area contributed by atoms with E-state index in [1.165, 1.54) is 12.1 Å². The van der Waals surface area contributed by atoms with Crippen LogP contribution in [-0.4, -0.2) is 14.8 Å². The number of aromatic nitrogens is 3. The molecular weight excluding hydrogens is 273 g/mol. The van der Waals surface area contributed by atoms with Gasteiger partial charge in [-0.05, 0) is 36.3 Å². The zero-order valence-corrected chi connectivity index (χ0v) is 11.6. The second-order valence-corrected chi connectivity index (χ2v) is 5.30. The van der Waals surface area contributed by atoms with E-state index in [2.05, 4.69) is 24.0 Å². The van der Waals surface area contributed by atoms with E-state index in [-0.39, 0.29) is 5.82 Å². The van der Waals surface area contributed by atoms with Crippen LogP contribution in [0.15, 0.2) is 18.2 Å². The molecule has 0 spiro atoms. The summed E-state index contributed by atoms with van der Waals surface area (Å²) in [5, 5.41) is 7.25. The Balaban J connectivity index is 2.57. The van der Waals surface area contributed by atoms with Crippen LogP contribution in [0.5, 0.6) is 0 Å². The summed E-state index contributed by atoms with van der Waals surface area (Å²) < 4.78 is 16.1. The summed E-state index contributed by atoms with van der Waals surface area (Å²) in [4.78, 5) is 0. The zero-order chi connectivity index (χ0) is 13.3. The molecule has 0 atom stereocenters. The minimum atomic E-state index is -0.363. The summed E-state index contributed by atoms with van der Waals surface area (Å²) >= 11 is 11.0. The van der Waals surface area contributed by atoms with E-state index in [1.54, 1.807) is 10.6 Å². The van der Waals surface area contributed by atoms with E-state index in [0.717, 1.165) is 0 Å². The van der Waals surface area contributed by atoms with Crippen molar-refractivity contribution >= 4 is 23.8 Å². The van der Waals surface area contributed by atoms with Crippen LogP contribution in [0.3, 0.4) is 0 Å². The predicted octanol–water partition coefficient (Wildman–Crippen LogP) is 4.06. The van der Waals surface area contributed by atoms with E-state index in [9.17, 15) is 4.39 Å². The monoisotopic (exact) mass is 285 g/mol. The summed E-state index contributed by atoms with van der Waals surface area (Å²) in [5.41, 5.74) is 0.357. The average Bonchev–Trinajstić information content (AvgIpc) is 2.64. The highest BCUT2D eigenvalue weighted by Crippen LogP contribution is 2.25. The minimum absolute atomic E-state index is 0.357. The molecule has 0 aliphatic rings. The van der Waals surface area contributed by atoms with Crippen LogP contribution in [0.4, 0.5) is 4.39 Å². The fourth-order valence-electron chi connectivity index (χ4n) is 1.73. The number of halogens is 2. The Hall–Kier alpha value is -1.20. The summed E-state index contributed by atoms with van der Waals surface area (Å²) in [7, 11) is 0. The third kappa shape index (κ3) is 2.62. The van der Waals surface area contributed by atoms with Gasteiger partial charge in [0, 0.05) is 11.6 Å². The van der Waals surface area contributed by atoms with Gasteiger partial charge in [-0.15, -0.1) is 0 Å². The quantitative estimate of drug-likeness (QED) is 0.863. The van der Waals surface area contributed by atoms with Crippen LogP contribution in [0, 0.1) is 16.5 Å². The Morgan fingerprint density at radius 3 is 2.89 bits per heavy atom. The largest absolute Gasteiger partial charge is 0.300 e. The number of H-pyrrole nitrogens is 1. The molecular formula is C12H13ClFN3S. The van der Waals surface area contributed by atoms with Gasteiger partial charge in [0.05, 0.1) is 5.56 Å². The third-order valence-corrected chi connectivity index (χ3v) is 3.02. The average molecular weight is 286 g/mol. The maximum atomic E-state index is 13.8. The fraction of sp³-hybridized carbons (Fsp3) is 0.333. The Bertz CT molecular complexity index is 618. The molecule has 0 saturated heterocycles. The smallest absolute Gasteiger partial charge is 0.195 e. The van der Waals surface area contributed by atoms with Gasteiger partial charge in [0.1, 0.15) is 5.82 Å². The lowest BCUT2D eigenvalue weighted by atomic mass is 10.2. The molecule has 0 aliphatic carbocycles. The normalized spacial score (nSPS) is 11.2. The van der Waals surface area contributed by atoms with Gasteiger partial charge in [-0.25, -0.2) is 4.39 Å². The van der Waals surface area contributed by atoms with Gasteiger partial charge in [-0.3, -0.25) is 9.67 Å². The SMILES string of the molecule is CC(C)Cn1c(-c2cc(Cl)ccc2F)n[nH]c1=S. The summed E-state index contributed by atoms with van der Waals surface area (Å²) in [6.45, 7) is 4.80. The summed E-state index contributed by atoms with van der Waals surface area (Å²) in [5.74, 6) is 0.502. The van der Waals surface area contributed by atoms with Gasteiger partial charge < -0.3 is 0 Å². The molecule has 0 fully saturated rings. The van der Waals surface area contributed by atoms with Crippen molar-refractivity contribution in [2.45, 2.75) is 20.4 Å². The van der Waals surface area contributed by atoms with Gasteiger partial charge >= 0.3 is 0 Å². The third-order valence-electron chi connectivity index (χ3n) is 2.48. The van der Waals surface area contributed by atoms with Crippen molar-refractivity contribution in [3.8, 4) is 11.4 Å². The molecule has 0 aliphatic heterocycles. The molecule has 0 radical (unpaired) electrons. The van der Waals surface area contributed by atoms with Crippen LogP contribution in [-0.2, 0) is 6.54 Å². The van der Waals surface area contributed by atoms with Crippen molar-refractivity contribution in [1.82, 2.24) is 14.8 Å². The standard InChI is InChI=1S/C12H13ClFN3S/c1-7(2)6-17-11(15-16-12(17)18)9-5-8(13)3-4-10(9)14/h3-5,7H,6H2,1-2H3,(H,16,18). The van der Waals surface area contributed by atoms with Crippen molar-refractivity contribution in [3.63, 3.8) is 0 Å². The van der Waals surface area contributed by atoms with E-state index >= 15 is 0 Å². The van der Waals surface area contributed by atoms with Crippen LogP contribution in [0.1, 0.15) is 13.8 Å². The van der Waals surface area contributed by atoms with Crippen LogP contribution < -0.4 is 0 Å². The van der Waals surface area contributed by atoms with Crippen LogP contribution in [0.2, 0.25) is 5.02 Å². The highest BCUT2D eigenvalue weighted by atomic mass is 35.5. The first kappa shape index (κ1) is 13.2. The van der Waals surface area contributed by atoms with Crippen molar-refractivity contribution in [2.24, 2.45) is 5.92 Å². The Morgan fingerprint density at radius 1 is 1.50 bits per heavy atom. The van der Waals surface area contributed by atoms with E-state index in [1.807, 2.05) is 0 Å². The molecule has 1 N–H and O–H groups in total. The van der Waals surface area contributed by atoms with Crippen LogP contribution in [0.25, 0.3) is 11.4 Å². The first-order chi connectivity index (χ1) is 8.49. The molecule has 3 nitrogen and oxygen atoms in total. The Kier molecular flexibility index (Phi) is 3.82. The number of rotatable bonds is 3. The van der Waals surface area contributed by atoms with Gasteiger partial charge in [-0.2, -0.15) is 5.10 Å². The maximum Gasteiger partial charge on any atom is 0.195 e. The molecule has 0 bridgehead atoms. The van der Waals surface area contributed by atoms with Gasteiger partial charge in [0.25, 0.3) is 0 Å². The van der Waals surface area contributed by atoms with E-state index in [4.69, 9.17) is 23.8 Å². The fourth-order valence-corrected chi connectivity index (χ4v) is 2.11. The van der Waals surface area contributed by atoms with E-state index in [0.29, 0.717) is 33.6 Å². The first-order valence-corrected chi connectivity index (χ1v) is 6.38. The lowest BCUT2D eigenvalue weighted by Gasteiger charge is -2.10. The molecule has 0 unspecified atom stereocenters. The van der Waals surface area contributed by atoms with Crippen molar-refractivity contribution in [1.29, 1.82) is 0 Å². The molecule has 1 heterocycles. The number of hydrogen-bond acceptors (Lipinski definition) is 2. The minimum Gasteiger partial charge on any atom is -0.300 e. The summed E-state index contributed by atoms with van der Waals surface area (Å²) in [6, 6.07) is 4.39. The van der Waals surface area contributed by atoms with E-state index < -0.39 is 0 Å². The number of benzene rings is 1. The molecule has 18 heavy (non-hydrogen) atoms. The Labute approximate surface area is 115 Å².